The van der Waals surface area contributed by atoms with E-state index in [0.717, 1.165) is 36.8 Å². The number of rotatable bonds is 5. The van der Waals surface area contributed by atoms with E-state index in [0.29, 0.717) is 11.6 Å². The Balaban J connectivity index is 1.65. The molecular weight excluding hydrogens is 340 g/mol. The fourth-order valence-corrected chi connectivity index (χ4v) is 3.55. The Labute approximate surface area is 151 Å². The number of benzene rings is 2. The topological polar surface area (TPSA) is 75.4 Å². The molecule has 1 aliphatic rings. The molecule has 6 heteroatoms. The zero-order valence-electron chi connectivity index (χ0n) is 13.8. The highest BCUT2D eigenvalue weighted by Crippen LogP contribution is 2.25. The van der Waals surface area contributed by atoms with Crippen LogP contribution in [0.15, 0.2) is 42.5 Å². The molecule has 0 fully saturated rings. The van der Waals surface area contributed by atoms with E-state index in [2.05, 4.69) is 5.32 Å². The lowest BCUT2D eigenvalue weighted by Crippen LogP contribution is -2.34. The molecule has 2 N–H and O–H groups in total. The number of nitro benzene ring substituents is 1. The van der Waals surface area contributed by atoms with Gasteiger partial charge in [0, 0.05) is 29.7 Å². The number of hydrogen-bond acceptors (Lipinski definition) is 4. The van der Waals surface area contributed by atoms with Gasteiger partial charge in [-0.1, -0.05) is 29.8 Å². The molecule has 132 valence electrons. The van der Waals surface area contributed by atoms with Crippen LogP contribution >= 0.6 is 11.6 Å². The molecule has 2 atom stereocenters. The minimum absolute atomic E-state index is 0.137. The van der Waals surface area contributed by atoms with E-state index in [1.165, 1.54) is 5.56 Å². The third-order valence-electron chi connectivity index (χ3n) is 4.70. The molecule has 0 radical (unpaired) electrons. The first kappa shape index (κ1) is 17.9. The largest absolute Gasteiger partial charge is 0.387 e. The van der Waals surface area contributed by atoms with Crippen molar-refractivity contribution in [2.24, 2.45) is 0 Å². The van der Waals surface area contributed by atoms with Crippen molar-refractivity contribution in [1.29, 1.82) is 0 Å². The van der Waals surface area contributed by atoms with Gasteiger partial charge in [0.2, 0.25) is 0 Å². The molecule has 2 aromatic carbocycles. The number of aliphatic hydroxyl groups is 1. The second-order valence-electron chi connectivity index (χ2n) is 6.48. The number of fused-ring (bicyclic) bond motifs is 1. The molecular formula is C19H21ClN2O3. The standard InChI is InChI=1S/C19H21ClN2O3/c20-16-5-1-4-14(9-16)19(23)12-21-17-6-2-3-13-7-8-18(22(24)25)11-15(13)10-17/h1,4-5,7-9,11,17,19,21,23H,2-3,6,10,12H2/t17?,19-/m0/s1. The number of halogens is 1. The Morgan fingerprint density at radius 1 is 1.28 bits per heavy atom. The average Bonchev–Trinajstić information content (AvgIpc) is 2.80. The lowest BCUT2D eigenvalue weighted by Gasteiger charge is -2.20. The minimum atomic E-state index is -0.633. The fraction of sp³-hybridized carbons (Fsp3) is 0.368. The van der Waals surface area contributed by atoms with Crippen LogP contribution in [0.25, 0.3) is 0 Å². The highest BCUT2D eigenvalue weighted by atomic mass is 35.5. The maximum Gasteiger partial charge on any atom is 0.269 e. The molecule has 1 aliphatic carbocycles. The molecule has 0 saturated heterocycles. The Bertz CT molecular complexity index is 766. The van der Waals surface area contributed by atoms with E-state index >= 15 is 0 Å². The first-order valence-electron chi connectivity index (χ1n) is 8.46. The second-order valence-corrected chi connectivity index (χ2v) is 6.92. The summed E-state index contributed by atoms with van der Waals surface area (Å²) in [6, 6.07) is 12.5. The quantitative estimate of drug-likeness (QED) is 0.483. The minimum Gasteiger partial charge on any atom is -0.387 e. The summed E-state index contributed by atoms with van der Waals surface area (Å²) in [5, 5.41) is 25.4. The van der Waals surface area contributed by atoms with Gasteiger partial charge in [-0.2, -0.15) is 0 Å². The lowest BCUT2D eigenvalue weighted by atomic mass is 10.0. The van der Waals surface area contributed by atoms with Crippen molar-refractivity contribution in [3.63, 3.8) is 0 Å². The second kappa shape index (κ2) is 7.95. The van der Waals surface area contributed by atoms with Crippen molar-refractivity contribution >= 4 is 17.3 Å². The average molecular weight is 361 g/mol. The van der Waals surface area contributed by atoms with Gasteiger partial charge in [-0.05, 0) is 54.5 Å². The van der Waals surface area contributed by atoms with Gasteiger partial charge in [0.15, 0.2) is 0 Å². The Hall–Kier alpha value is -1.95. The Morgan fingerprint density at radius 2 is 2.12 bits per heavy atom. The Morgan fingerprint density at radius 3 is 2.88 bits per heavy atom. The molecule has 5 nitrogen and oxygen atoms in total. The third kappa shape index (κ3) is 4.57. The highest BCUT2D eigenvalue weighted by molar-refractivity contribution is 6.30. The normalized spacial score (nSPS) is 18.2. The summed E-state index contributed by atoms with van der Waals surface area (Å²) in [7, 11) is 0. The number of nitrogens with one attached hydrogen (secondary N) is 1. The maximum absolute atomic E-state index is 11.0. The summed E-state index contributed by atoms with van der Waals surface area (Å²) in [4.78, 5) is 10.6. The number of nitro groups is 1. The van der Waals surface area contributed by atoms with Gasteiger partial charge >= 0.3 is 0 Å². The molecule has 0 heterocycles. The zero-order chi connectivity index (χ0) is 17.8. The van der Waals surface area contributed by atoms with Crippen molar-refractivity contribution in [2.45, 2.75) is 37.8 Å². The summed E-state index contributed by atoms with van der Waals surface area (Å²) < 4.78 is 0. The molecule has 25 heavy (non-hydrogen) atoms. The van der Waals surface area contributed by atoms with Crippen molar-refractivity contribution in [2.75, 3.05) is 6.54 Å². The summed E-state index contributed by atoms with van der Waals surface area (Å²) in [5.74, 6) is 0. The molecule has 0 aromatic heterocycles. The van der Waals surface area contributed by atoms with Crippen LogP contribution in [0.2, 0.25) is 5.02 Å². The van der Waals surface area contributed by atoms with Gasteiger partial charge < -0.3 is 10.4 Å². The zero-order valence-corrected chi connectivity index (χ0v) is 14.6. The summed E-state index contributed by atoms with van der Waals surface area (Å²) in [5.41, 5.74) is 3.13. The molecule has 0 bridgehead atoms. The molecule has 2 aromatic rings. The number of hydrogen-bond donors (Lipinski definition) is 2. The van der Waals surface area contributed by atoms with Crippen LogP contribution in [-0.2, 0) is 12.8 Å². The van der Waals surface area contributed by atoms with Gasteiger partial charge in [-0.3, -0.25) is 10.1 Å². The summed E-state index contributed by atoms with van der Waals surface area (Å²) in [6.07, 6.45) is 3.04. The predicted octanol–water partition coefficient (Wildman–Crippen LogP) is 3.82. The molecule has 3 rings (SSSR count). The van der Waals surface area contributed by atoms with Gasteiger partial charge in [0.05, 0.1) is 11.0 Å². The highest BCUT2D eigenvalue weighted by Gasteiger charge is 2.20. The van der Waals surface area contributed by atoms with E-state index in [1.807, 2.05) is 18.2 Å². The van der Waals surface area contributed by atoms with Crippen molar-refractivity contribution in [1.82, 2.24) is 5.32 Å². The first-order valence-corrected chi connectivity index (χ1v) is 8.84. The van der Waals surface area contributed by atoms with Crippen molar-refractivity contribution in [3.05, 3.63) is 74.3 Å². The van der Waals surface area contributed by atoms with Gasteiger partial charge in [-0.25, -0.2) is 0 Å². The fourth-order valence-electron chi connectivity index (χ4n) is 3.35. The number of aryl methyl sites for hydroxylation is 1. The molecule has 0 saturated carbocycles. The van der Waals surface area contributed by atoms with Crippen LogP contribution in [0.3, 0.4) is 0 Å². The SMILES string of the molecule is O=[N+]([O-])c1ccc2c(c1)CC(NC[C@H](O)c1cccc(Cl)c1)CCC2. The van der Waals surface area contributed by atoms with Crippen LogP contribution in [-0.4, -0.2) is 22.6 Å². The van der Waals surface area contributed by atoms with Crippen LogP contribution in [0.1, 0.15) is 35.6 Å². The van der Waals surface area contributed by atoms with Crippen molar-refractivity contribution in [3.8, 4) is 0 Å². The van der Waals surface area contributed by atoms with Gasteiger partial charge in [0.1, 0.15) is 0 Å². The van der Waals surface area contributed by atoms with Crippen LogP contribution < -0.4 is 5.32 Å². The van der Waals surface area contributed by atoms with Gasteiger partial charge in [-0.15, -0.1) is 0 Å². The predicted molar refractivity (Wildman–Crippen MR) is 97.9 cm³/mol. The van der Waals surface area contributed by atoms with Gasteiger partial charge in [0.25, 0.3) is 5.69 Å². The lowest BCUT2D eigenvalue weighted by molar-refractivity contribution is -0.384. The first-order chi connectivity index (χ1) is 12.0. The molecule has 0 aliphatic heterocycles. The van der Waals surface area contributed by atoms with Crippen molar-refractivity contribution < 1.29 is 10.0 Å². The Kier molecular flexibility index (Phi) is 5.68. The van der Waals surface area contributed by atoms with E-state index < -0.39 is 6.10 Å². The van der Waals surface area contributed by atoms with E-state index in [4.69, 9.17) is 11.6 Å². The van der Waals surface area contributed by atoms with E-state index in [9.17, 15) is 15.2 Å². The number of aliphatic hydroxyl groups excluding tert-OH is 1. The van der Waals surface area contributed by atoms with Crippen LogP contribution in [0, 0.1) is 10.1 Å². The smallest absolute Gasteiger partial charge is 0.269 e. The summed E-state index contributed by atoms with van der Waals surface area (Å²) in [6.45, 7) is 0.426. The summed E-state index contributed by atoms with van der Waals surface area (Å²) >= 11 is 5.97. The third-order valence-corrected chi connectivity index (χ3v) is 4.93. The molecule has 0 spiro atoms. The van der Waals surface area contributed by atoms with Crippen LogP contribution in [0.4, 0.5) is 5.69 Å². The maximum atomic E-state index is 11.0. The molecule has 1 unspecified atom stereocenters. The van der Waals surface area contributed by atoms with E-state index in [-0.39, 0.29) is 16.7 Å². The molecule has 0 amide bonds. The number of nitrogens with zero attached hydrogens (tertiary/aromatic N) is 1. The van der Waals surface area contributed by atoms with Crippen LogP contribution in [0.5, 0.6) is 0 Å². The number of non-ortho nitro benzene ring substituents is 1. The van der Waals surface area contributed by atoms with E-state index in [1.54, 1.807) is 24.3 Å². The monoisotopic (exact) mass is 360 g/mol.